The Kier molecular flexibility index (Phi) is 5.95. The van der Waals surface area contributed by atoms with Crippen LogP contribution in [0.5, 0.6) is 0 Å². The van der Waals surface area contributed by atoms with E-state index >= 15 is 0 Å². The van der Waals surface area contributed by atoms with Crippen LogP contribution in [0.25, 0.3) is 0 Å². The number of nitrogens with zero attached hydrogens (tertiary/aromatic N) is 1. The number of aromatic amines is 1. The maximum absolute atomic E-state index is 11.7. The second-order valence-corrected chi connectivity index (χ2v) is 5.19. The molecule has 1 saturated heterocycles. The van der Waals surface area contributed by atoms with Gasteiger partial charge in [0.2, 0.25) is 0 Å². The average Bonchev–Trinajstić information content (AvgIpc) is 2.83. The fourth-order valence-electron chi connectivity index (χ4n) is 2.32. The zero-order chi connectivity index (χ0) is 15.9. The Hall–Kier alpha value is -1.88. The molecule has 3 atom stereocenters. The van der Waals surface area contributed by atoms with Crippen LogP contribution < -0.4 is 11.2 Å². The Morgan fingerprint density at radius 1 is 1.50 bits per heavy atom. The molecule has 0 bridgehead atoms. The van der Waals surface area contributed by atoms with Gasteiger partial charge in [0.25, 0.3) is 5.56 Å². The number of aliphatic hydroxyl groups excluding tert-OH is 1. The molecule has 1 aliphatic heterocycles. The lowest BCUT2D eigenvalue weighted by Gasteiger charge is -2.16. The summed E-state index contributed by atoms with van der Waals surface area (Å²) in [5, 5.41) is 9.99. The summed E-state index contributed by atoms with van der Waals surface area (Å²) < 4.78 is 12.4. The molecule has 120 valence electrons. The molecule has 1 fully saturated rings. The first-order chi connectivity index (χ1) is 10.6. The van der Waals surface area contributed by atoms with Gasteiger partial charge in [0.15, 0.2) is 0 Å². The first-order valence-corrected chi connectivity index (χ1v) is 7.28. The maximum Gasteiger partial charge on any atom is 0.330 e. The summed E-state index contributed by atoms with van der Waals surface area (Å²) in [6, 6.07) is 1.24. The average molecular weight is 308 g/mol. The Morgan fingerprint density at radius 3 is 3.05 bits per heavy atom. The molecule has 22 heavy (non-hydrogen) atoms. The molecule has 2 N–H and O–H groups in total. The molecule has 7 nitrogen and oxygen atoms in total. The van der Waals surface area contributed by atoms with E-state index in [1.807, 2.05) is 0 Å². The van der Waals surface area contributed by atoms with Crippen molar-refractivity contribution in [2.45, 2.75) is 44.1 Å². The van der Waals surface area contributed by atoms with Crippen LogP contribution in [-0.2, 0) is 9.47 Å². The molecule has 1 aromatic rings. The number of unbranched alkanes of at least 4 members (excludes halogenated alkanes) is 2. The van der Waals surface area contributed by atoms with E-state index in [2.05, 4.69) is 10.9 Å². The summed E-state index contributed by atoms with van der Waals surface area (Å²) in [6.07, 6.45) is 7.48. The first-order valence-electron chi connectivity index (χ1n) is 7.28. The van der Waals surface area contributed by atoms with Crippen molar-refractivity contribution in [1.82, 2.24) is 9.55 Å². The number of aliphatic hydroxyl groups is 1. The highest BCUT2D eigenvalue weighted by molar-refractivity contribution is 4.88. The minimum absolute atomic E-state index is 0.256. The predicted molar refractivity (Wildman–Crippen MR) is 79.4 cm³/mol. The zero-order valence-electron chi connectivity index (χ0n) is 12.2. The molecule has 7 heteroatoms. The first kappa shape index (κ1) is 16.5. The van der Waals surface area contributed by atoms with Crippen LogP contribution in [0, 0.1) is 12.3 Å². The van der Waals surface area contributed by atoms with Gasteiger partial charge in [0, 0.05) is 31.7 Å². The Morgan fingerprint density at radius 2 is 2.32 bits per heavy atom. The lowest BCUT2D eigenvalue weighted by atomic mass is 10.2. The summed E-state index contributed by atoms with van der Waals surface area (Å²) in [6.45, 7) is 0.809. The van der Waals surface area contributed by atoms with Gasteiger partial charge in [-0.05, 0) is 12.8 Å². The molecule has 1 aliphatic rings. The van der Waals surface area contributed by atoms with Crippen molar-refractivity contribution in [3.05, 3.63) is 33.1 Å². The normalized spacial score (nSPS) is 24.3. The van der Waals surface area contributed by atoms with Crippen molar-refractivity contribution in [3.63, 3.8) is 0 Å². The highest BCUT2D eigenvalue weighted by atomic mass is 16.6. The van der Waals surface area contributed by atoms with E-state index in [9.17, 15) is 14.7 Å². The predicted octanol–water partition coefficient (Wildman–Crippen LogP) is 0.00510. The molecule has 1 aromatic heterocycles. The van der Waals surface area contributed by atoms with Crippen LogP contribution in [0.3, 0.4) is 0 Å². The van der Waals surface area contributed by atoms with E-state index in [1.54, 1.807) is 0 Å². The highest BCUT2D eigenvalue weighted by Gasteiger charge is 2.35. The minimum Gasteiger partial charge on any atom is -0.390 e. The quantitative estimate of drug-likeness (QED) is 0.546. The van der Waals surface area contributed by atoms with Gasteiger partial charge in [-0.25, -0.2) is 4.79 Å². The highest BCUT2D eigenvalue weighted by Crippen LogP contribution is 2.27. The van der Waals surface area contributed by atoms with Gasteiger partial charge in [0.1, 0.15) is 12.3 Å². The van der Waals surface area contributed by atoms with Crippen LogP contribution in [0.4, 0.5) is 0 Å². The van der Waals surface area contributed by atoms with Crippen LogP contribution in [0.2, 0.25) is 0 Å². The molecule has 0 amide bonds. The molecule has 0 unspecified atom stereocenters. The van der Waals surface area contributed by atoms with E-state index in [0.29, 0.717) is 6.61 Å². The van der Waals surface area contributed by atoms with Crippen molar-refractivity contribution in [3.8, 4) is 12.3 Å². The second-order valence-electron chi connectivity index (χ2n) is 5.19. The Bertz CT molecular complexity index is 630. The number of hydrogen-bond donors (Lipinski definition) is 2. The van der Waals surface area contributed by atoms with E-state index in [0.717, 1.165) is 19.3 Å². The van der Waals surface area contributed by atoms with Gasteiger partial charge in [0.05, 0.1) is 12.7 Å². The summed E-state index contributed by atoms with van der Waals surface area (Å²) >= 11 is 0. The van der Waals surface area contributed by atoms with Gasteiger partial charge >= 0.3 is 5.69 Å². The minimum atomic E-state index is -0.713. The van der Waals surface area contributed by atoms with Gasteiger partial charge in [-0.15, -0.1) is 12.3 Å². The Balaban J connectivity index is 1.83. The third-order valence-electron chi connectivity index (χ3n) is 3.51. The van der Waals surface area contributed by atoms with Crippen LogP contribution in [-0.4, -0.2) is 40.1 Å². The van der Waals surface area contributed by atoms with Crippen molar-refractivity contribution in [2.75, 3.05) is 13.2 Å². The van der Waals surface area contributed by atoms with Crippen molar-refractivity contribution >= 4 is 0 Å². The van der Waals surface area contributed by atoms with E-state index in [-0.39, 0.29) is 13.0 Å². The fraction of sp³-hybridized carbons (Fsp3) is 0.600. The van der Waals surface area contributed by atoms with Gasteiger partial charge in [-0.2, -0.15) is 0 Å². The van der Waals surface area contributed by atoms with E-state index < -0.39 is 29.7 Å². The second kappa shape index (κ2) is 7.94. The van der Waals surface area contributed by atoms with E-state index in [1.165, 1.54) is 16.8 Å². The smallest absolute Gasteiger partial charge is 0.330 e. The van der Waals surface area contributed by atoms with E-state index in [4.69, 9.17) is 15.9 Å². The topological polar surface area (TPSA) is 93.5 Å². The van der Waals surface area contributed by atoms with Gasteiger partial charge in [-0.3, -0.25) is 14.3 Å². The monoisotopic (exact) mass is 308 g/mol. The fourth-order valence-corrected chi connectivity index (χ4v) is 2.32. The standard InChI is InChI=1S/C15H20N2O5/c1-2-3-4-5-8-21-10-12-11(18)9-14(22-12)17-7-6-13(19)16-15(17)20/h1,6-7,11-12,14,18H,3-5,8-10H2,(H,16,19,20)/t11-,12+,14+/m0/s1. The molecule has 0 aromatic carbocycles. The third-order valence-corrected chi connectivity index (χ3v) is 3.51. The summed E-state index contributed by atoms with van der Waals surface area (Å²) in [5.74, 6) is 2.56. The lowest BCUT2D eigenvalue weighted by molar-refractivity contribution is -0.0637. The van der Waals surface area contributed by atoms with Crippen molar-refractivity contribution in [2.24, 2.45) is 0 Å². The van der Waals surface area contributed by atoms with Gasteiger partial charge < -0.3 is 14.6 Å². The van der Waals surface area contributed by atoms with Crippen LogP contribution in [0.1, 0.15) is 31.9 Å². The molecule has 2 heterocycles. The lowest BCUT2D eigenvalue weighted by Crippen LogP contribution is -2.31. The number of rotatable bonds is 7. The molecular weight excluding hydrogens is 288 g/mol. The molecule has 0 aliphatic carbocycles. The maximum atomic E-state index is 11.7. The molecule has 0 saturated carbocycles. The van der Waals surface area contributed by atoms with Crippen molar-refractivity contribution < 1.29 is 14.6 Å². The number of aromatic nitrogens is 2. The number of H-pyrrole nitrogens is 1. The number of terminal acetylenes is 1. The van der Waals surface area contributed by atoms with Crippen LogP contribution in [0.15, 0.2) is 21.9 Å². The van der Waals surface area contributed by atoms with Crippen LogP contribution >= 0.6 is 0 Å². The summed E-state index contributed by atoms with van der Waals surface area (Å²) in [7, 11) is 0. The molecule has 0 spiro atoms. The number of hydrogen-bond acceptors (Lipinski definition) is 5. The summed E-state index contributed by atoms with van der Waals surface area (Å²) in [4.78, 5) is 24.9. The number of ether oxygens (including phenoxy) is 2. The molecular formula is C15H20N2O5. The Labute approximate surface area is 127 Å². The van der Waals surface area contributed by atoms with Crippen molar-refractivity contribution in [1.29, 1.82) is 0 Å². The molecule has 2 rings (SSSR count). The SMILES string of the molecule is C#CCCCCOC[C@H]1O[C@@H](n2ccc(=O)[nH]c2=O)C[C@@H]1O. The third kappa shape index (κ3) is 4.31. The zero-order valence-corrected chi connectivity index (χ0v) is 12.2. The molecule has 0 radical (unpaired) electrons. The summed E-state index contributed by atoms with van der Waals surface area (Å²) in [5.41, 5.74) is -1.02. The number of nitrogens with one attached hydrogen (secondary N) is 1. The van der Waals surface area contributed by atoms with Gasteiger partial charge in [-0.1, -0.05) is 0 Å². The largest absolute Gasteiger partial charge is 0.390 e.